The van der Waals surface area contributed by atoms with Crippen LogP contribution < -0.4 is 43.1 Å². The summed E-state index contributed by atoms with van der Waals surface area (Å²) in [6.07, 6.45) is 4.48. The van der Waals surface area contributed by atoms with Crippen LogP contribution in [-0.4, -0.2) is 0 Å². The number of pyridine rings is 2. The van der Waals surface area contributed by atoms with Gasteiger partial charge in [-0.3, -0.25) is 0 Å². The molecule has 2 aromatic heterocycles. The Labute approximate surface area is 218 Å². The van der Waals surface area contributed by atoms with Crippen molar-refractivity contribution in [1.29, 1.82) is 0 Å². The van der Waals surface area contributed by atoms with Crippen LogP contribution in [0, 0.1) is 0 Å². The van der Waals surface area contributed by atoms with Crippen molar-refractivity contribution < 1.29 is 43.1 Å². The van der Waals surface area contributed by atoms with Gasteiger partial charge < -0.3 is 34.0 Å². The molecule has 0 saturated carbocycles. The highest BCUT2D eigenvalue weighted by molar-refractivity contribution is 6.31. The van der Waals surface area contributed by atoms with Gasteiger partial charge in [0.15, 0.2) is 23.8 Å². The zero-order chi connectivity index (χ0) is 20.0. The number of benzene rings is 2. The summed E-state index contributed by atoms with van der Waals surface area (Å²) >= 11 is 13.1. The topological polar surface area (TPSA) is 7.76 Å². The second-order valence-electron chi connectivity index (χ2n) is 8.46. The zero-order valence-corrected chi connectivity index (χ0v) is 21.5. The first-order valence-electron chi connectivity index (χ1n) is 10.3. The highest BCUT2D eigenvalue weighted by Gasteiger charge is 2.58. The van der Waals surface area contributed by atoms with Crippen molar-refractivity contribution in [2.24, 2.45) is 0 Å². The van der Waals surface area contributed by atoms with Crippen LogP contribution in [0.2, 0.25) is 10.0 Å². The van der Waals surface area contributed by atoms with Gasteiger partial charge in [-0.1, -0.05) is 47.5 Å². The van der Waals surface area contributed by atoms with E-state index >= 15 is 0 Å². The Bertz CT molecular complexity index is 1270. The van der Waals surface area contributed by atoms with Gasteiger partial charge >= 0.3 is 0 Å². The minimum Gasteiger partial charge on any atom is -1.00 e. The van der Waals surface area contributed by atoms with Gasteiger partial charge in [-0.25, -0.2) is 0 Å². The fraction of sp³-hybridized carbons (Fsp3) is 0.154. The Morgan fingerprint density at radius 2 is 0.969 bits per heavy atom. The van der Waals surface area contributed by atoms with Gasteiger partial charge in [0.05, 0.1) is 11.8 Å². The van der Waals surface area contributed by atoms with Gasteiger partial charge in [0.2, 0.25) is 12.1 Å². The van der Waals surface area contributed by atoms with E-state index in [0.717, 1.165) is 10.0 Å². The maximum Gasteiger partial charge on any atom is 0.249 e. The van der Waals surface area contributed by atoms with E-state index in [2.05, 4.69) is 82.2 Å². The van der Waals surface area contributed by atoms with Crippen LogP contribution in [0.15, 0.2) is 85.2 Å². The number of rotatable bonds is 0. The van der Waals surface area contributed by atoms with Gasteiger partial charge in [0.25, 0.3) is 0 Å². The van der Waals surface area contributed by atoms with Gasteiger partial charge in [-0.05, 0) is 35.4 Å². The van der Waals surface area contributed by atoms with E-state index in [-0.39, 0.29) is 57.9 Å². The van der Waals surface area contributed by atoms with Crippen molar-refractivity contribution in [2.75, 3.05) is 0 Å². The summed E-state index contributed by atoms with van der Waals surface area (Å²) in [5.41, 5.74) is 8.10. The van der Waals surface area contributed by atoms with Crippen molar-refractivity contribution in [3.05, 3.63) is 129 Å². The van der Waals surface area contributed by atoms with Crippen molar-refractivity contribution in [3.8, 4) is 0 Å². The van der Waals surface area contributed by atoms with E-state index in [1.165, 1.54) is 33.6 Å². The van der Waals surface area contributed by atoms with Crippen LogP contribution in [0.3, 0.4) is 0 Å². The molecule has 0 unspecified atom stereocenters. The average molecular weight is 589 g/mol. The molecule has 10 rings (SSSR count). The molecule has 160 valence electrons. The molecule has 0 N–H and O–H groups in total. The van der Waals surface area contributed by atoms with Gasteiger partial charge in [0, 0.05) is 45.4 Å². The molecule has 4 bridgehead atoms. The fourth-order valence-corrected chi connectivity index (χ4v) is 6.47. The SMILES string of the molecule is Clc1ccc2c(c1)[C@H]1c3cccc[n+]3[C@@H]2[C@@H]2c3ccc(Cl)cc3[C@H]1c1cccc[n+]12.[Br-].[Br-]. The number of aromatic nitrogens is 2. The molecule has 0 fully saturated rings. The highest BCUT2D eigenvalue weighted by Crippen LogP contribution is 2.55. The molecule has 2 aromatic carbocycles. The molecule has 1 aliphatic carbocycles. The molecule has 4 aromatic rings. The summed E-state index contributed by atoms with van der Waals surface area (Å²) in [4.78, 5) is 0. The van der Waals surface area contributed by atoms with Crippen molar-refractivity contribution in [1.82, 2.24) is 0 Å². The van der Waals surface area contributed by atoms with Crippen LogP contribution in [0.1, 0.15) is 57.6 Å². The van der Waals surface area contributed by atoms with Crippen molar-refractivity contribution in [3.63, 3.8) is 0 Å². The highest BCUT2D eigenvalue weighted by atomic mass is 79.9. The van der Waals surface area contributed by atoms with Crippen molar-refractivity contribution in [2.45, 2.75) is 23.9 Å². The van der Waals surface area contributed by atoms with E-state index in [9.17, 15) is 0 Å². The van der Waals surface area contributed by atoms with Crippen LogP contribution in [0.5, 0.6) is 0 Å². The third-order valence-electron chi connectivity index (χ3n) is 7.12. The smallest absolute Gasteiger partial charge is 0.249 e. The second-order valence-corrected chi connectivity index (χ2v) is 9.33. The summed E-state index contributed by atoms with van der Waals surface area (Å²) in [5, 5.41) is 1.59. The van der Waals surface area contributed by atoms with Crippen molar-refractivity contribution >= 4 is 23.2 Å². The molecule has 7 heterocycles. The predicted octanol–water partition coefficient (Wildman–Crippen LogP) is -0.640. The van der Waals surface area contributed by atoms with Crippen LogP contribution in [-0.2, 0) is 0 Å². The molecule has 0 amide bonds. The summed E-state index contributed by atoms with van der Waals surface area (Å²) in [6.45, 7) is 0. The van der Waals surface area contributed by atoms with Crippen LogP contribution >= 0.6 is 23.2 Å². The maximum atomic E-state index is 6.53. The standard InChI is InChI=1S/C26H18Cl2N2.2BrH/c27-15-7-9-17-19(13-15)23-21-5-1-3-11-29(21)25(17)26-18-10-8-16(28)14-20(18)24(23)22-6-2-4-12-30(22)26;;/h1-14,23-26H;2*1H/q+2;;/p-2/t23-,24-,25-,26-;;/m0../s1. The lowest BCUT2D eigenvalue weighted by molar-refractivity contribution is -0.817. The second kappa shape index (κ2) is 7.95. The Hall–Kier alpha value is -1.72. The first-order valence-corrected chi connectivity index (χ1v) is 11.1. The number of nitrogens with zero attached hydrogens (tertiary/aromatic N) is 2. The molecule has 0 saturated heterocycles. The Morgan fingerprint density at radius 3 is 1.41 bits per heavy atom. The fourth-order valence-electron chi connectivity index (χ4n) is 6.10. The van der Waals surface area contributed by atoms with E-state index < -0.39 is 0 Å². The monoisotopic (exact) mass is 586 g/mol. The molecular weight excluding hydrogens is 571 g/mol. The van der Waals surface area contributed by atoms with E-state index in [1.807, 2.05) is 12.1 Å². The van der Waals surface area contributed by atoms with Gasteiger partial charge in [-0.15, -0.1) is 0 Å². The van der Waals surface area contributed by atoms with Crippen LogP contribution in [0.25, 0.3) is 0 Å². The Balaban J connectivity index is 0.00000108. The minimum absolute atomic E-state index is 0. The van der Waals surface area contributed by atoms with Crippen LogP contribution in [0.4, 0.5) is 0 Å². The molecule has 0 radical (unpaired) electrons. The number of hydrogen-bond donors (Lipinski definition) is 0. The largest absolute Gasteiger partial charge is 1.00 e. The molecule has 5 aliphatic heterocycles. The molecule has 0 spiro atoms. The lowest BCUT2D eigenvalue weighted by Crippen LogP contribution is -3.00. The average Bonchev–Trinajstić information content (AvgIpc) is 2.75. The first-order chi connectivity index (χ1) is 14.7. The minimum atomic E-state index is 0. The molecule has 32 heavy (non-hydrogen) atoms. The molecule has 2 nitrogen and oxygen atoms in total. The number of halogens is 4. The van der Waals surface area contributed by atoms with Gasteiger partial charge in [-0.2, -0.15) is 9.13 Å². The Kier molecular flexibility index (Phi) is 5.49. The predicted molar refractivity (Wildman–Crippen MR) is 116 cm³/mol. The zero-order valence-electron chi connectivity index (χ0n) is 16.8. The third kappa shape index (κ3) is 2.83. The molecule has 6 heteroatoms. The molecule has 6 aliphatic rings. The lowest BCUT2D eigenvalue weighted by atomic mass is 9.65. The first kappa shape index (κ1) is 22.1. The summed E-state index contributed by atoms with van der Waals surface area (Å²) in [5.74, 6) is 0.339. The summed E-state index contributed by atoms with van der Waals surface area (Å²) in [6, 6.07) is 26.3. The van der Waals surface area contributed by atoms with E-state index in [0.29, 0.717) is 0 Å². The van der Waals surface area contributed by atoms with Gasteiger partial charge in [0.1, 0.15) is 0 Å². The summed E-state index contributed by atoms with van der Waals surface area (Å²) in [7, 11) is 0. The lowest BCUT2D eigenvalue weighted by Gasteiger charge is -2.42. The Morgan fingerprint density at radius 1 is 0.531 bits per heavy atom. The molecular formula is C26H18Br2Cl2N2. The number of hydrogen-bond acceptors (Lipinski definition) is 0. The quantitative estimate of drug-likeness (QED) is 0.242. The third-order valence-corrected chi connectivity index (χ3v) is 7.59. The normalized spacial score (nSPS) is 22.8. The molecule has 4 atom stereocenters. The summed E-state index contributed by atoms with van der Waals surface area (Å²) < 4.78 is 4.97. The van der Waals surface area contributed by atoms with E-state index in [4.69, 9.17) is 23.2 Å². The van der Waals surface area contributed by atoms with E-state index in [1.54, 1.807) is 0 Å². The maximum absolute atomic E-state index is 6.53.